The van der Waals surface area contributed by atoms with Crippen LogP contribution in [0.4, 0.5) is 0 Å². The van der Waals surface area contributed by atoms with E-state index in [0.717, 1.165) is 13.0 Å². The Morgan fingerprint density at radius 2 is 2.25 bits per heavy atom. The van der Waals surface area contributed by atoms with Crippen molar-refractivity contribution < 1.29 is 14.3 Å². The standard InChI is InChI=1S/C12H23NO3/c1-2-15-9-10-16-12(14)7-6-11-5-3-4-8-13-11/h11,13H,2-10H2,1H3. The summed E-state index contributed by atoms with van der Waals surface area (Å²) in [6.07, 6.45) is 5.13. The van der Waals surface area contributed by atoms with E-state index in [0.29, 0.717) is 32.3 Å². The summed E-state index contributed by atoms with van der Waals surface area (Å²) in [6, 6.07) is 0.508. The summed E-state index contributed by atoms with van der Waals surface area (Å²) >= 11 is 0. The minimum Gasteiger partial charge on any atom is -0.463 e. The Bertz CT molecular complexity index is 191. The summed E-state index contributed by atoms with van der Waals surface area (Å²) in [5.41, 5.74) is 0. The van der Waals surface area contributed by atoms with Crippen LogP contribution in [-0.2, 0) is 14.3 Å². The van der Waals surface area contributed by atoms with Crippen LogP contribution in [0.2, 0.25) is 0 Å². The fourth-order valence-electron chi connectivity index (χ4n) is 1.89. The van der Waals surface area contributed by atoms with Gasteiger partial charge in [-0.2, -0.15) is 0 Å². The molecule has 1 aliphatic heterocycles. The van der Waals surface area contributed by atoms with E-state index >= 15 is 0 Å². The molecule has 0 bridgehead atoms. The van der Waals surface area contributed by atoms with Crippen molar-refractivity contribution in [3.63, 3.8) is 0 Å². The fourth-order valence-corrected chi connectivity index (χ4v) is 1.89. The van der Waals surface area contributed by atoms with Crippen molar-refractivity contribution in [3.05, 3.63) is 0 Å². The van der Waals surface area contributed by atoms with Gasteiger partial charge in [0.2, 0.25) is 0 Å². The molecular formula is C12H23NO3. The second-order valence-electron chi connectivity index (χ2n) is 4.10. The van der Waals surface area contributed by atoms with Crippen LogP contribution in [0, 0.1) is 0 Å². The summed E-state index contributed by atoms with van der Waals surface area (Å²) in [6.45, 7) is 4.57. The molecule has 1 atom stereocenters. The Kier molecular flexibility index (Phi) is 7.17. The Labute approximate surface area is 97.7 Å². The van der Waals surface area contributed by atoms with Crippen LogP contribution in [-0.4, -0.2) is 38.4 Å². The average Bonchev–Trinajstić information content (AvgIpc) is 2.33. The number of ether oxygens (including phenoxy) is 2. The molecule has 94 valence electrons. The van der Waals surface area contributed by atoms with Gasteiger partial charge in [0.15, 0.2) is 0 Å². The molecule has 0 aromatic rings. The molecule has 4 nitrogen and oxygen atoms in total. The Hall–Kier alpha value is -0.610. The van der Waals surface area contributed by atoms with Gasteiger partial charge in [0.05, 0.1) is 6.61 Å². The minimum absolute atomic E-state index is 0.105. The molecule has 1 saturated heterocycles. The molecule has 1 aliphatic rings. The highest BCUT2D eigenvalue weighted by molar-refractivity contribution is 5.69. The van der Waals surface area contributed by atoms with E-state index in [1.165, 1.54) is 19.3 Å². The number of piperidine rings is 1. The molecule has 1 N–H and O–H groups in total. The first-order valence-electron chi connectivity index (χ1n) is 6.29. The molecule has 0 amide bonds. The van der Waals surface area contributed by atoms with Crippen molar-refractivity contribution in [1.82, 2.24) is 5.32 Å². The zero-order valence-electron chi connectivity index (χ0n) is 10.2. The van der Waals surface area contributed by atoms with Gasteiger partial charge in [0, 0.05) is 19.1 Å². The van der Waals surface area contributed by atoms with E-state index in [4.69, 9.17) is 9.47 Å². The SMILES string of the molecule is CCOCCOC(=O)CCC1CCCCN1. The van der Waals surface area contributed by atoms with Gasteiger partial charge in [0.25, 0.3) is 0 Å². The van der Waals surface area contributed by atoms with E-state index in [9.17, 15) is 4.79 Å². The first-order valence-corrected chi connectivity index (χ1v) is 6.29. The van der Waals surface area contributed by atoms with Crippen LogP contribution in [0.15, 0.2) is 0 Å². The second kappa shape index (κ2) is 8.53. The van der Waals surface area contributed by atoms with Gasteiger partial charge in [-0.3, -0.25) is 4.79 Å². The molecule has 1 unspecified atom stereocenters. The van der Waals surface area contributed by atoms with Crippen LogP contribution >= 0.6 is 0 Å². The molecule has 0 radical (unpaired) electrons. The summed E-state index contributed by atoms with van der Waals surface area (Å²) < 4.78 is 10.1. The number of carbonyl (C=O) groups excluding carboxylic acids is 1. The van der Waals surface area contributed by atoms with Crippen molar-refractivity contribution in [3.8, 4) is 0 Å². The lowest BCUT2D eigenvalue weighted by Crippen LogP contribution is -2.34. The molecule has 0 aromatic carbocycles. The molecular weight excluding hydrogens is 206 g/mol. The van der Waals surface area contributed by atoms with Crippen molar-refractivity contribution >= 4 is 5.97 Å². The molecule has 1 fully saturated rings. The highest BCUT2D eigenvalue weighted by Gasteiger charge is 2.14. The quantitative estimate of drug-likeness (QED) is 0.531. The molecule has 0 spiro atoms. The predicted molar refractivity (Wildman–Crippen MR) is 62.3 cm³/mol. The molecule has 4 heteroatoms. The van der Waals surface area contributed by atoms with Crippen molar-refractivity contribution in [1.29, 1.82) is 0 Å². The van der Waals surface area contributed by atoms with Gasteiger partial charge < -0.3 is 14.8 Å². The zero-order valence-corrected chi connectivity index (χ0v) is 10.2. The van der Waals surface area contributed by atoms with Crippen molar-refractivity contribution in [2.24, 2.45) is 0 Å². The van der Waals surface area contributed by atoms with Gasteiger partial charge in [-0.1, -0.05) is 6.42 Å². The topological polar surface area (TPSA) is 47.6 Å². The maximum absolute atomic E-state index is 11.3. The highest BCUT2D eigenvalue weighted by Crippen LogP contribution is 2.11. The number of rotatable bonds is 7. The van der Waals surface area contributed by atoms with E-state index in [1.807, 2.05) is 6.92 Å². The van der Waals surface area contributed by atoms with Crippen LogP contribution in [0.3, 0.4) is 0 Å². The van der Waals surface area contributed by atoms with Crippen molar-refractivity contribution in [2.75, 3.05) is 26.4 Å². The van der Waals surface area contributed by atoms with Crippen LogP contribution in [0.25, 0.3) is 0 Å². The molecule has 0 saturated carbocycles. The highest BCUT2D eigenvalue weighted by atomic mass is 16.6. The van der Waals surface area contributed by atoms with Crippen LogP contribution in [0.5, 0.6) is 0 Å². The fraction of sp³-hybridized carbons (Fsp3) is 0.917. The molecule has 0 aliphatic carbocycles. The van der Waals surface area contributed by atoms with Crippen LogP contribution in [0.1, 0.15) is 39.0 Å². The van der Waals surface area contributed by atoms with E-state index < -0.39 is 0 Å². The lowest BCUT2D eigenvalue weighted by Gasteiger charge is -2.22. The van der Waals surface area contributed by atoms with Gasteiger partial charge in [-0.05, 0) is 32.7 Å². The van der Waals surface area contributed by atoms with Gasteiger partial charge in [-0.15, -0.1) is 0 Å². The number of carbonyl (C=O) groups is 1. The monoisotopic (exact) mass is 229 g/mol. The summed E-state index contributed by atoms with van der Waals surface area (Å²) in [4.78, 5) is 11.3. The maximum atomic E-state index is 11.3. The van der Waals surface area contributed by atoms with Gasteiger partial charge >= 0.3 is 5.97 Å². The van der Waals surface area contributed by atoms with Gasteiger partial charge in [-0.25, -0.2) is 0 Å². The zero-order chi connectivity index (χ0) is 11.6. The summed E-state index contributed by atoms with van der Waals surface area (Å²) in [5.74, 6) is -0.105. The minimum atomic E-state index is -0.105. The average molecular weight is 229 g/mol. The van der Waals surface area contributed by atoms with E-state index in [-0.39, 0.29) is 5.97 Å². The van der Waals surface area contributed by atoms with E-state index in [2.05, 4.69) is 5.32 Å². The Balaban J connectivity index is 1.96. The van der Waals surface area contributed by atoms with Gasteiger partial charge in [0.1, 0.15) is 6.61 Å². The number of nitrogens with one attached hydrogen (secondary N) is 1. The predicted octanol–water partition coefficient (Wildman–Crippen LogP) is 1.49. The number of hydrogen-bond acceptors (Lipinski definition) is 4. The molecule has 16 heavy (non-hydrogen) atoms. The number of hydrogen-bond donors (Lipinski definition) is 1. The maximum Gasteiger partial charge on any atom is 0.305 e. The van der Waals surface area contributed by atoms with Crippen molar-refractivity contribution in [2.45, 2.75) is 45.1 Å². The molecule has 0 aromatic heterocycles. The third-order valence-electron chi connectivity index (χ3n) is 2.80. The third kappa shape index (κ3) is 6.08. The van der Waals surface area contributed by atoms with Crippen LogP contribution < -0.4 is 5.32 Å². The van der Waals surface area contributed by atoms with E-state index in [1.54, 1.807) is 0 Å². The Morgan fingerprint density at radius 3 is 2.94 bits per heavy atom. The summed E-state index contributed by atoms with van der Waals surface area (Å²) in [7, 11) is 0. The third-order valence-corrected chi connectivity index (χ3v) is 2.80. The first-order chi connectivity index (χ1) is 7.83. The molecule has 1 rings (SSSR count). The lowest BCUT2D eigenvalue weighted by molar-refractivity contribution is -0.145. The first kappa shape index (κ1) is 13.5. The smallest absolute Gasteiger partial charge is 0.305 e. The summed E-state index contributed by atoms with van der Waals surface area (Å²) in [5, 5.41) is 3.42. The normalized spacial score (nSPS) is 20.7. The largest absolute Gasteiger partial charge is 0.463 e. The Morgan fingerprint density at radius 1 is 1.38 bits per heavy atom. The number of esters is 1. The molecule has 1 heterocycles. The second-order valence-corrected chi connectivity index (χ2v) is 4.10. The lowest BCUT2D eigenvalue weighted by atomic mass is 10.0.